The van der Waals surface area contributed by atoms with Crippen molar-refractivity contribution in [1.82, 2.24) is 9.55 Å². The van der Waals surface area contributed by atoms with E-state index in [4.69, 9.17) is 0 Å². The van der Waals surface area contributed by atoms with Crippen molar-refractivity contribution in [2.24, 2.45) is 0 Å². The molecule has 1 atom stereocenters. The molecule has 0 saturated heterocycles. The van der Waals surface area contributed by atoms with Gasteiger partial charge in [0.25, 0.3) is 0 Å². The average molecular weight is 252 g/mol. The number of aliphatic hydroxyl groups is 1. The van der Waals surface area contributed by atoms with Crippen LogP contribution in [0.2, 0.25) is 0 Å². The highest BCUT2D eigenvalue weighted by atomic mass is 19.1. The Balaban J connectivity index is 2.53. The van der Waals surface area contributed by atoms with Crippen LogP contribution in [0.25, 0.3) is 0 Å². The second kappa shape index (κ2) is 4.49. The number of nitrogens with zero attached hydrogens (tertiary/aromatic N) is 2. The third-order valence-corrected chi connectivity index (χ3v) is 2.92. The van der Waals surface area contributed by atoms with Crippen LogP contribution in [0.15, 0.2) is 30.6 Å². The first kappa shape index (κ1) is 12.7. The Kier molecular flexibility index (Phi) is 3.17. The van der Waals surface area contributed by atoms with Crippen LogP contribution in [-0.4, -0.2) is 14.7 Å². The molecular formula is C13H14F2N2O. The highest BCUT2D eigenvalue weighted by Crippen LogP contribution is 2.28. The Labute approximate surface area is 104 Å². The highest BCUT2D eigenvalue weighted by molar-refractivity contribution is 5.30. The van der Waals surface area contributed by atoms with E-state index in [1.54, 1.807) is 17.0 Å². The highest BCUT2D eigenvalue weighted by Gasteiger charge is 2.31. The van der Waals surface area contributed by atoms with E-state index < -0.39 is 17.2 Å². The second-order valence-corrected chi connectivity index (χ2v) is 4.27. The van der Waals surface area contributed by atoms with E-state index in [9.17, 15) is 13.9 Å². The minimum Gasteiger partial charge on any atom is -0.377 e. The Bertz CT molecular complexity index is 544. The molecule has 0 fully saturated rings. The molecule has 2 aromatic rings. The van der Waals surface area contributed by atoms with Crippen molar-refractivity contribution in [2.75, 3.05) is 0 Å². The fraction of sp³-hybridized carbons (Fsp3) is 0.308. The summed E-state index contributed by atoms with van der Waals surface area (Å²) >= 11 is 0. The van der Waals surface area contributed by atoms with Crippen LogP contribution in [0.5, 0.6) is 0 Å². The van der Waals surface area contributed by atoms with Crippen LogP contribution in [-0.2, 0) is 12.1 Å². The number of aromatic nitrogens is 2. The van der Waals surface area contributed by atoms with Crippen molar-refractivity contribution in [3.63, 3.8) is 0 Å². The van der Waals surface area contributed by atoms with Crippen LogP contribution < -0.4 is 0 Å². The largest absolute Gasteiger partial charge is 0.377 e. The van der Waals surface area contributed by atoms with Gasteiger partial charge in [-0.1, -0.05) is 0 Å². The second-order valence-electron chi connectivity index (χ2n) is 4.27. The molecule has 1 N–H and O–H groups in total. The third-order valence-electron chi connectivity index (χ3n) is 2.92. The Morgan fingerprint density at radius 2 is 1.89 bits per heavy atom. The van der Waals surface area contributed by atoms with Gasteiger partial charge in [0, 0.05) is 25.0 Å². The summed E-state index contributed by atoms with van der Waals surface area (Å²) in [5.74, 6) is -1.09. The zero-order valence-corrected chi connectivity index (χ0v) is 10.2. The normalized spacial score (nSPS) is 14.5. The molecule has 3 nitrogen and oxygen atoms in total. The van der Waals surface area contributed by atoms with Crippen LogP contribution in [0.3, 0.4) is 0 Å². The Morgan fingerprint density at radius 1 is 1.28 bits per heavy atom. The van der Waals surface area contributed by atoms with Gasteiger partial charge in [-0.2, -0.15) is 0 Å². The smallest absolute Gasteiger partial charge is 0.145 e. The van der Waals surface area contributed by atoms with E-state index in [-0.39, 0.29) is 5.56 Å². The summed E-state index contributed by atoms with van der Waals surface area (Å²) in [6, 6.07) is 2.99. The van der Waals surface area contributed by atoms with Gasteiger partial charge in [-0.3, -0.25) is 0 Å². The van der Waals surface area contributed by atoms with Gasteiger partial charge in [0.05, 0.1) is 0 Å². The topological polar surface area (TPSA) is 38.0 Å². The van der Waals surface area contributed by atoms with Gasteiger partial charge in [-0.25, -0.2) is 13.8 Å². The maximum absolute atomic E-state index is 13.2. The minimum absolute atomic E-state index is 0.140. The molecule has 96 valence electrons. The Morgan fingerprint density at radius 3 is 2.44 bits per heavy atom. The van der Waals surface area contributed by atoms with E-state index in [0.717, 1.165) is 18.2 Å². The van der Waals surface area contributed by atoms with Crippen LogP contribution in [0.4, 0.5) is 8.78 Å². The third kappa shape index (κ3) is 2.13. The molecule has 1 heterocycles. The summed E-state index contributed by atoms with van der Waals surface area (Å²) in [5, 5.41) is 10.5. The van der Waals surface area contributed by atoms with Crippen molar-refractivity contribution in [3.8, 4) is 0 Å². The fourth-order valence-corrected chi connectivity index (χ4v) is 1.95. The molecule has 0 aliphatic rings. The zero-order valence-electron chi connectivity index (χ0n) is 10.2. The summed E-state index contributed by atoms with van der Waals surface area (Å²) in [5.41, 5.74) is -1.40. The van der Waals surface area contributed by atoms with Gasteiger partial charge in [-0.15, -0.1) is 0 Å². The summed E-state index contributed by atoms with van der Waals surface area (Å²) in [4.78, 5) is 4.06. The molecule has 0 aliphatic heterocycles. The SMILES string of the molecule is CCn1ccnc1C(C)(O)c1cc(F)cc(F)c1. The average Bonchev–Trinajstić information content (AvgIpc) is 2.76. The predicted octanol–water partition coefficient (Wildman–Crippen LogP) is 2.44. The standard InChI is InChI=1S/C13H14F2N2O/c1-3-17-5-4-16-12(17)13(2,18)9-6-10(14)8-11(15)7-9/h4-8,18H,3H2,1-2H3. The van der Waals surface area contributed by atoms with Gasteiger partial charge in [0.2, 0.25) is 0 Å². The van der Waals surface area contributed by atoms with Crippen molar-refractivity contribution in [2.45, 2.75) is 26.0 Å². The molecule has 0 aliphatic carbocycles. The van der Waals surface area contributed by atoms with Crippen LogP contribution >= 0.6 is 0 Å². The van der Waals surface area contributed by atoms with E-state index in [0.29, 0.717) is 12.4 Å². The van der Waals surface area contributed by atoms with Crippen LogP contribution in [0.1, 0.15) is 25.2 Å². The minimum atomic E-state index is -1.54. The molecule has 1 aromatic heterocycles. The van der Waals surface area contributed by atoms with Gasteiger partial charge in [0.1, 0.15) is 23.1 Å². The first-order chi connectivity index (χ1) is 8.45. The van der Waals surface area contributed by atoms with E-state index in [1.807, 2.05) is 6.92 Å². The number of imidazole rings is 1. The molecule has 1 aromatic carbocycles. The number of halogens is 2. The maximum Gasteiger partial charge on any atom is 0.145 e. The van der Waals surface area contributed by atoms with Gasteiger partial charge in [0.15, 0.2) is 0 Å². The molecular weight excluding hydrogens is 238 g/mol. The van der Waals surface area contributed by atoms with Crippen molar-refractivity contribution in [1.29, 1.82) is 0 Å². The van der Waals surface area contributed by atoms with E-state index >= 15 is 0 Å². The molecule has 0 amide bonds. The fourth-order valence-electron chi connectivity index (χ4n) is 1.95. The number of rotatable bonds is 3. The van der Waals surface area contributed by atoms with Gasteiger partial charge < -0.3 is 9.67 Å². The van der Waals surface area contributed by atoms with Crippen molar-refractivity contribution < 1.29 is 13.9 Å². The number of aryl methyl sites for hydroxylation is 1. The molecule has 5 heteroatoms. The van der Waals surface area contributed by atoms with E-state index in [1.165, 1.54) is 6.92 Å². The quantitative estimate of drug-likeness (QED) is 0.911. The number of hydrogen-bond acceptors (Lipinski definition) is 2. The zero-order chi connectivity index (χ0) is 13.3. The molecule has 0 spiro atoms. The van der Waals surface area contributed by atoms with Gasteiger partial charge in [-0.05, 0) is 31.5 Å². The molecule has 1 unspecified atom stereocenters. The first-order valence-corrected chi connectivity index (χ1v) is 5.65. The number of benzene rings is 1. The van der Waals surface area contributed by atoms with Gasteiger partial charge >= 0.3 is 0 Å². The summed E-state index contributed by atoms with van der Waals surface area (Å²) in [7, 11) is 0. The molecule has 2 rings (SSSR count). The van der Waals surface area contributed by atoms with Crippen molar-refractivity contribution in [3.05, 3.63) is 53.6 Å². The molecule has 0 bridgehead atoms. The first-order valence-electron chi connectivity index (χ1n) is 5.65. The maximum atomic E-state index is 13.2. The predicted molar refractivity (Wildman–Crippen MR) is 62.9 cm³/mol. The monoisotopic (exact) mass is 252 g/mol. The number of hydrogen-bond donors (Lipinski definition) is 1. The summed E-state index contributed by atoms with van der Waals surface area (Å²) < 4.78 is 28.1. The van der Waals surface area contributed by atoms with E-state index in [2.05, 4.69) is 4.98 Å². The molecule has 0 radical (unpaired) electrons. The lowest BCUT2D eigenvalue weighted by molar-refractivity contribution is 0.0874. The molecule has 18 heavy (non-hydrogen) atoms. The summed E-state index contributed by atoms with van der Waals surface area (Å²) in [6.07, 6.45) is 3.25. The lowest BCUT2D eigenvalue weighted by Crippen LogP contribution is -2.27. The van der Waals surface area contributed by atoms with Crippen LogP contribution in [0, 0.1) is 11.6 Å². The lowest BCUT2D eigenvalue weighted by atomic mass is 9.94. The Hall–Kier alpha value is -1.75. The molecule has 0 saturated carbocycles. The summed E-state index contributed by atoms with van der Waals surface area (Å²) in [6.45, 7) is 3.98. The lowest BCUT2D eigenvalue weighted by Gasteiger charge is -2.24. The van der Waals surface area contributed by atoms with Crippen molar-refractivity contribution >= 4 is 0 Å².